The summed E-state index contributed by atoms with van der Waals surface area (Å²) in [5, 5.41) is 4.90. The molecule has 0 saturated carbocycles. The van der Waals surface area contributed by atoms with Gasteiger partial charge in [-0.25, -0.2) is 0 Å². The summed E-state index contributed by atoms with van der Waals surface area (Å²) in [6, 6.07) is 0. The van der Waals surface area contributed by atoms with Crippen molar-refractivity contribution >= 4 is 22.9 Å². The van der Waals surface area contributed by atoms with E-state index in [9.17, 15) is 4.79 Å². The summed E-state index contributed by atoms with van der Waals surface area (Å²) >= 11 is 1.65. The molecule has 0 radical (unpaired) electrons. The van der Waals surface area contributed by atoms with Gasteiger partial charge in [-0.05, 0) is 31.2 Å². The van der Waals surface area contributed by atoms with Crippen molar-refractivity contribution in [3.05, 3.63) is 15.8 Å². The van der Waals surface area contributed by atoms with Gasteiger partial charge in [0, 0.05) is 11.5 Å². The van der Waals surface area contributed by atoms with E-state index in [1.807, 2.05) is 26.2 Å². The molecule has 4 heteroatoms. The second-order valence-corrected chi connectivity index (χ2v) is 4.53. The van der Waals surface area contributed by atoms with E-state index in [-0.39, 0.29) is 12.5 Å². The lowest BCUT2D eigenvalue weighted by molar-refractivity contribution is -0.120. The van der Waals surface area contributed by atoms with Gasteiger partial charge in [0.1, 0.15) is 6.61 Å². The maximum atomic E-state index is 11.5. The molecule has 0 aromatic carbocycles. The second-order valence-electron chi connectivity index (χ2n) is 3.45. The highest BCUT2D eigenvalue weighted by Gasteiger charge is 2.08. The molecule has 15 heavy (non-hydrogen) atoms. The number of carbonyl (C=O) groups excluding carboxylic acids is 1. The Morgan fingerprint density at radius 3 is 2.80 bits per heavy atom. The van der Waals surface area contributed by atoms with E-state index in [1.165, 1.54) is 0 Å². The van der Waals surface area contributed by atoms with Gasteiger partial charge in [0.05, 0.1) is 5.69 Å². The van der Waals surface area contributed by atoms with Crippen LogP contribution >= 0.6 is 11.3 Å². The first kappa shape index (κ1) is 12.2. The molecule has 0 atom stereocenters. The Morgan fingerprint density at radius 1 is 1.53 bits per heavy atom. The normalized spacial score (nSPS) is 10.3. The second kappa shape index (κ2) is 5.88. The van der Waals surface area contributed by atoms with E-state index in [2.05, 4.69) is 5.32 Å². The van der Waals surface area contributed by atoms with Crippen molar-refractivity contribution in [1.82, 2.24) is 0 Å². The first-order valence-corrected chi connectivity index (χ1v) is 5.95. The average Bonchev–Trinajstić information content (AvgIpc) is 2.50. The molecule has 84 valence electrons. The van der Waals surface area contributed by atoms with Crippen LogP contribution in [-0.4, -0.2) is 19.1 Å². The number of amides is 1. The zero-order valence-electron chi connectivity index (χ0n) is 9.42. The van der Waals surface area contributed by atoms with Gasteiger partial charge >= 0.3 is 0 Å². The number of aryl methyl sites for hydroxylation is 2. The van der Waals surface area contributed by atoms with Crippen molar-refractivity contribution in [3.63, 3.8) is 0 Å². The fourth-order valence-corrected chi connectivity index (χ4v) is 2.04. The van der Waals surface area contributed by atoms with Gasteiger partial charge in [0.15, 0.2) is 0 Å². The van der Waals surface area contributed by atoms with Gasteiger partial charge in [0.25, 0.3) is 0 Å². The van der Waals surface area contributed by atoms with Crippen LogP contribution in [0.25, 0.3) is 0 Å². The third kappa shape index (κ3) is 3.64. The largest absolute Gasteiger partial charge is 0.372 e. The molecule has 1 aromatic heterocycles. The molecule has 0 unspecified atom stereocenters. The van der Waals surface area contributed by atoms with Crippen LogP contribution in [0.4, 0.5) is 5.69 Å². The van der Waals surface area contributed by atoms with E-state index in [1.54, 1.807) is 11.3 Å². The summed E-state index contributed by atoms with van der Waals surface area (Å²) in [6.45, 7) is 6.79. The molecular weight excluding hydrogens is 210 g/mol. The van der Waals surface area contributed by atoms with Crippen LogP contribution in [0.1, 0.15) is 23.8 Å². The highest BCUT2D eigenvalue weighted by Crippen LogP contribution is 2.26. The Kier molecular flexibility index (Phi) is 4.78. The number of carbonyl (C=O) groups is 1. The van der Waals surface area contributed by atoms with Crippen molar-refractivity contribution in [1.29, 1.82) is 0 Å². The molecule has 1 rings (SSSR count). The zero-order chi connectivity index (χ0) is 11.3. The quantitative estimate of drug-likeness (QED) is 0.785. The molecule has 0 aliphatic carbocycles. The lowest BCUT2D eigenvalue weighted by Crippen LogP contribution is -2.19. The van der Waals surface area contributed by atoms with Crippen molar-refractivity contribution in [2.24, 2.45) is 0 Å². The van der Waals surface area contributed by atoms with Crippen molar-refractivity contribution in [3.8, 4) is 0 Å². The predicted molar refractivity (Wildman–Crippen MR) is 63.5 cm³/mol. The third-order valence-corrected chi connectivity index (χ3v) is 3.03. The molecule has 1 heterocycles. The highest BCUT2D eigenvalue weighted by molar-refractivity contribution is 7.10. The SMILES string of the molecule is CCCOCC(=O)Nc1c(C)csc1C. The van der Waals surface area contributed by atoms with Crippen LogP contribution in [0, 0.1) is 13.8 Å². The van der Waals surface area contributed by atoms with Crippen LogP contribution in [0.5, 0.6) is 0 Å². The molecule has 0 fully saturated rings. The van der Waals surface area contributed by atoms with E-state index in [0.717, 1.165) is 22.5 Å². The molecule has 0 aliphatic rings. The molecule has 0 aliphatic heterocycles. The van der Waals surface area contributed by atoms with Crippen molar-refractivity contribution < 1.29 is 9.53 Å². The van der Waals surface area contributed by atoms with Gasteiger partial charge in [0.2, 0.25) is 5.91 Å². The first-order valence-electron chi connectivity index (χ1n) is 5.07. The summed E-state index contributed by atoms with van der Waals surface area (Å²) in [5.41, 5.74) is 2.05. The molecule has 0 spiro atoms. The molecule has 1 aromatic rings. The minimum Gasteiger partial charge on any atom is -0.372 e. The fraction of sp³-hybridized carbons (Fsp3) is 0.545. The lowest BCUT2D eigenvalue weighted by atomic mass is 10.3. The molecule has 1 N–H and O–H groups in total. The Balaban J connectivity index is 2.44. The number of anilines is 1. The van der Waals surface area contributed by atoms with Crippen LogP contribution in [0.15, 0.2) is 5.38 Å². The zero-order valence-corrected chi connectivity index (χ0v) is 10.2. The summed E-state index contributed by atoms with van der Waals surface area (Å²) in [6.07, 6.45) is 0.934. The number of thiophene rings is 1. The van der Waals surface area contributed by atoms with Crippen LogP contribution in [0.2, 0.25) is 0 Å². The standard InChI is InChI=1S/C11H17NO2S/c1-4-5-14-6-10(13)12-11-8(2)7-15-9(11)3/h7H,4-6H2,1-3H3,(H,12,13). The van der Waals surface area contributed by atoms with Gasteiger partial charge in [-0.15, -0.1) is 11.3 Å². The van der Waals surface area contributed by atoms with Crippen LogP contribution < -0.4 is 5.32 Å². The van der Waals surface area contributed by atoms with Crippen molar-refractivity contribution in [2.45, 2.75) is 27.2 Å². The third-order valence-electron chi connectivity index (χ3n) is 2.00. The molecule has 0 bridgehead atoms. The van der Waals surface area contributed by atoms with E-state index < -0.39 is 0 Å². The van der Waals surface area contributed by atoms with Gasteiger partial charge in [-0.2, -0.15) is 0 Å². The topological polar surface area (TPSA) is 38.3 Å². The van der Waals surface area contributed by atoms with Crippen LogP contribution in [-0.2, 0) is 9.53 Å². The Hall–Kier alpha value is -0.870. The average molecular weight is 227 g/mol. The molecule has 3 nitrogen and oxygen atoms in total. The summed E-state index contributed by atoms with van der Waals surface area (Å²) in [5.74, 6) is -0.0759. The maximum Gasteiger partial charge on any atom is 0.250 e. The van der Waals surface area contributed by atoms with E-state index in [0.29, 0.717) is 6.61 Å². The molecular formula is C11H17NO2S. The highest BCUT2D eigenvalue weighted by atomic mass is 32.1. The van der Waals surface area contributed by atoms with Crippen LogP contribution in [0.3, 0.4) is 0 Å². The summed E-state index contributed by atoms with van der Waals surface area (Å²) in [7, 11) is 0. The minimum atomic E-state index is -0.0759. The number of hydrogen-bond donors (Lipinski definition) is 1. The Bertz CT molecular complexity index is 314. The number of hydrogen-bond acceptors (Lipinski definition) is 3. The number of rotatable bonds is 5. The van der Waals surface area contributed by atoms with E-state index in [4.69, 9.17) is 4.74 Å². The monoisotopic (exact) mass is 227 g/mol. The summed E-state index contributed by atoms with van der Waals surface area (Å²) < 4.78 is 5.16. The maximum absolute atomic E-state index is 11.5. The number of nitrogens with one attached hydrogen (secondary N) is 1. The fourth-order valence-electron chi connectivity index (χ4n) is 1.24. The van der Waals surface area contributed by atoms with E-state index >= 15 is 0 Å². The van der Waals surface area contributed by atoms with Gasteiger partial charge in [-0.1, -0.05) is 6.92 Å². The predicted octanol–water partition coefficient (Wildman–Crippen LogP) is 2.73. The number of ether oxygens (including phenoxy) is 1. The first-order chi connectivity index (χ1) is 7.15. The Labute approximate surface area is 94.5 Å². The lowest BCUT2D eigenvalue weighted by Gasteiger charge is -2.06. The van der Waals surface area contributed by atoms with Gasteiger partial charge < -0.3 is 10.1 Å². The Morgan fingerprint density at radius 2 is 2.27 bits per heavy atom. The minimum absolute atomic E-state index is 0.0759. The van der Waals surface area contributed by atoms with Crippen molar-refractivity contribution in [2.75, 3.05) is 18.5 Å². The summed E-state index contributed by atoms with van der Waals surface area (Å²) in [4.78, 5) is 12.6. The molecule has 1 amide bonds. The smallest absolute Gasteiger partial charge is 0.250 e. The molecule has 0 saturated heterocycles. The van der Waals surface area contributed by atoms with Gasteiger partial charge in [-0.3, -0.25) is 4.79 Å².